The van der Waals surface area contributed by atoms with Gasteiger partial charge in [-0.05, 0) is 25.2 Å². The Labute approximate surface area is 122 Å². The molecule has 0 aromatic heterocycles. The maximum atomic E-state index is 5.87. The second-order valence-electron chi connectivity index (χ2n) is 5.53. The Hall–Kier alpha value is -0.420. The Kier molecular flexibility index (Phi) is 7.58. The highest BCUT2D eigenvalue weighted by atomic mass is 16.6. The Morgan fingerprint density at radius 3 is 2.00 bits per heavy atom. The van der Waals surface area contributed by atoms with Gasteiger partial charge in [0.2, 0.25) is 0 Å². The van der Waals surface area contributed by atoms with Crippen LogP contribution in [0.3, 0.4) is 0 Å². The monoisotopic (exact) mass is 284 g/mol. The van der Waals surface area contributed by atoms with Crippen LogP contribution in [0.2, 0.25) is 0 Å². The van der Waals surface area contributed by atoms with Crippen LogP contribution in [-0.4, -0.2) is 52.4 Å². The van der Waals surface area contributed by atoms with Gasteiger partial charge in [0.1, 0.15) is 0 Å². The van der Waals surface area contributed by atoms with Gasteiger partial charge in [-0.2, -0.15) is 0 Å². The van der Waals surface area contributed by atoms with Crippen molar-refractivity contribution in [3.05, 3.63) is 12.2 Å². The Morgan fingerprint density at radius 1 is 0.800 bits per heavy atom. The molecule has 20 heavy (non-hydrogen) atoms. The normalized spacial score (nSPS) is 27.6. The first-order chi connectivity index (χ1) is 9.90. The zero-order valence-corrected chi connectivity index (χ0v) is 12.6. The molecule has 1 fully saturated rings. The number of ether oxygens (including phenoxy) is 4. The third kappa shape index (κ3) is 5.52. The van der Waals surface area contributed by atoms with E-state index in [2.05, 4.69) is 19.1 Å². The van der Waals surface area contributed by atoms with Crippen LogP contribution >= 0.6 is 0 Å². The fraction of sp³-hybridized carbons (Fsp3) is 0.875. The van der Waals surface area contributed by atoms with Crippen LogP contribution < -0.4 is 0 Å². The van der Waals surface area contributed by atoms with E-state index in [1.165, 1.54) is 12.8 Å². The molecule has 0 aromatic rings. The second kappa shape index (κ2) is 9.50. The minimum absolute atomic E-state index is 0.431. The van der Waals surface area contributed by atoms with E-state index in [0.29, 0.717) is 51.7 Å². The van der Waals surface area contributed by atoms with Crippen molar-refractivity contribution in [3.8, 4) is 0 Å². The lowest BCUT2D eigenvalue weighted by molar-refractivity contribution is -0.0243. The van der Waals surface area contributed by atoms with E-state index in [4.69, 9.17) is 18.9 Å². The van der Waals surface area contributed by atoms with E-state index < -0.39 is 0 Å². The van der Waals surface area contributed by atoms with Crippen molar-refractivity contribution in [1.82, 2.24) is 0 Å². The molecule has 0 saturated heterocycles. The molecule has 0 amide bonds. The van der Waals surface area contributed by atoms with E-state index in [0.717, 1.165) is 18.9 Å². The molecule has 2 aliphatic carbocycles. The third-order valence-corrected chi connectivity index (χ3v) is 3.87. The molecule has 2 aliphatic rings. The Morgan fingerprint density at radius 2 is 1.45 bits per heavy atom. The van der Waals surface area contributed by atoms with Crippen molar-refractivity contribution in [2.75, 3.05) is 46.2 Å². The number of fused-ring (bicyclic) bond motifs is 2. The van der Waals surface area contributed by atoms with E-state index in [1.54, 1.807) is 0 Å². The van der Waals surface area contributed by atoms with Gasteiger partial charge >= 0.3 is 0 Å². The van der Waals surface area contributed by atoms with Crippen molar-refractivity contribution in [2.24, 2.45) is 11.8 Å². The predicted octanol–water partition coefficient (Wildman–Crippen LogP) is 2.43. The number of hydrogen-bond donors (Lipinski definition) is 0. The summed E-state index contributed by atoms with van der Waals surface area (Å²) >= 11 is 0. The predicted molar refractivity (Wildman–Crippen MR) is 77.8 cm³/mol. The van der Waals surface area contributed by atoms with Crippen molar-refractivity contribution >= 4 is 0 Å². The zero-order valence-electron chi connectivity index (χ0n) is 12.6. The Balaban J connectivity index is 1.32. The van der Waals surface area contributed by atoms with Crippen molar-refractivity contribution < 1.29 is 18.9 Å². The summed E-state index contributed by atoms with van der Waals surface area (Å²) in [6, 6.07) is 0. The topological polar surface area (TPSA) is 36.9 Å². The molecule has 0 heterocycles. The molecule has 4 nitrogen and oxygen atoms in total. The number of allylic oxidation sites excluding steroid dienone is 1. The van der Waals surface area contributed by atoms with Crippen LogP contribution in [-0.2, 0) is 18.9 Å². The lowest BCUT2D eigenvalue weighted by Crippen LogP contribution is -2.21. The van der Waals surface area contributed by atoms with Crippen LogP contribution in [0.1, 0.15) is 26.2 Å². The van der Waals surface area contributed by atoms with Gasteiger partial charge in [-0.25, -0.2) is 0 Å². The molecule has 0 radical (unpaired) electrons. The molecule has 2 rings (SSSR count). The maximum Gasteiger partial charge on any atom is 0.0704 e. The molecule has 116 valence electrons. The highest BCUT2D eigenvalue weighted by Crippen LogP contribution is 2.40. The van der Waals surface area contributed by atoms with Crippen molar-refractivity contribution in [3.63, 3.8) is 0 Å². The van der Waals surface area contributed by atoms with Crippen LogP contribution in [0.4, 0.5) is 0 Å². The third-order valence-electron chi connectivity index (χ3n) is 3.87. The zero-order chi connectivity index (χ0) is 14.0. The first-order valence-corrected chi connectivity index (χ1v) is 7.93. The van der Waals surface area contributed by atoms with Gasteiger partial charge in [-0.15, -0.1) is 0 Å². The molecule has 0 aliphatic heterocycles. The first-order valence-electron chi connectivity index (χ1n) is 7.93. The SMILES string of the molecule is CCCOCCOCCOCCOC1CC2C=CC1C2. The fourth-order valence-corrected chi connectivity index (χ4v) is 2.87. The summed E-state index contributed by atoms with van der Waals surface area (Å²) < 4.78 is 22.1. The van der Waals surface area contributed by atoms with Gasteiger partial charge in [0.25, 0.3) is 0 Å². The summed E-state index contributed by atoms with van der Waals surface area (Å²) in [6.07, 6.45) is 8.63. The van der Waals surface area contributed by atoms with Gasteiger partial charge in [0.05, 0.1) is 45.7 Å². The summed E-state index contributed by atoms with van der Waals surface area (Å²) in [7, 11) is 0. The van der Waals surface area contributed by atoms with Gasteiger partial charge in [-0.1, -0.05) is 19.1 Å². The second-order valence-corrected chi connectivity index (χ2v) is 5.53. The maximum absolute atomic E-state index is 5.87. The van der Waals surface area contributed by atoms with E-state index in [-0.39, 0.29) is 0 Å². The molecule has 0 aromatic carbocycles. The lowest BCUT2D eigenvalue weighted by Gasteiger charge is -2.18. The van der Waals surface area contributed by atoms with Crippen molar-refractivity contribution in [2.45, 2.75) is 32.3 Å². The van der Waals surface area contributed by atoms with Crippen molar-refractivity contribution in [1.29, 1.82) is 0 Å². The minimum atomic E-state index is 0.431. The summed E-state index contributed by atoms with van der Waals surface area (Å²) in [5.41, 5.74) is 0. The Bertz CT molecular complexity index is 280. The molecular formula is C16H28O4. The molecule has 3 unspecified atom stereocenters. The smallest absolute Gasteiger partial charge is 0.0704 e. The average molecular weight is 284 g/mol. The number of rotatable bonds is 12. The summed E-state index contributed by atoms with van der Waals surface area (Å²) in [5, 5.41) is 0. The molecule has 1 saturated carbocycles. The average Bonchev–Trinajstić information content (AvgIpc) is 3.07. The van der Waals surface area contributed by atoms with Gasteiger partial charge in [0.15, 0.2) is 0 Å². The van der Waals surface area contributed by atoms with Gasteiger partial charge < -0.3 is 18.9 Å². The van der Waals surface area contributed by atoms with Crippen LogP contribution in [0.15, 0.2) is 12.2 Å². The molecule has 2 bridgehead atoms. The van der Waals surface area contributed by atoms with Crippen LogP contribution in [0.25, 0.3) is 0 Å². The van der Waals surface area contributed by atoms with E-state index in [9.17, 15) is 0 Å². The summed E-state index contributed by atoms with van der Waals surface area (Å²) in [4.78, 5) is 0. The highest BCUT2D eigenvalue weighted by molar-refractivity contribution is 5.10. The highest BCUT2D eigenvalue weighted by Gasteiger charge is 2.35. The molecule has 0 spiro atoms. The summed E-state index contributed by atoms with van der Waals surface area (Å²) in [6.45, 7) is 6.86. The van der Waals surface area contributed by atoms with Crippen LogP contribution in [0.5, 0.6) is 0 Å². The molecule has 3 atom stereocenters. The minimum Gasteiger partial charge on any atom is -0.379 e. The number of hydrogen-bond acceptors (Lipinski definition) is 4. The molecule has 0 N–H and O–H groups in total. The van der Waals surface area contributed by atoms with Crippen LogP contribution in [0, 0.1) is 11.8 Å². The first kappa shape index (κ1) is 16.0. The molecular weight excluding hydrogens is 256 g/mol. The van der Waals surface area contributed by atoms with E-state index >= 15 is 0 Å². The van der Waals surface area contributed by atoms with E-state index in [1.807, 2.05) is 0 Å². The van der Waals surface area contributed by atoms with Gasteiger partial charge in [0, 0.05) is 12.5 Å². The largest absolute Gasteiger partial charge is 0.379 e. The lowest BCUT2D eigenvalue weighted by atomic mass is 10.1. The standard InChI is InChI=1S/C16H28O4/c1-2-5-17-6-7-18-8-9-19-10-11-20-16-13-14-3-4-15(16)12-14/h3-4,14-16H,2,5-13H2,1H3. The fourth-order valence-electron chi connectivity index (χ4n) is 2.87. The summed E-state index contributed by atoms with van der Waals surface area (Å²) in [5.74, 6) is 1.43. The van der Waals surface area contributed by atoms with Gasteiger partial charge in [-0.3, -0.25) is 0 Å². The molecule has 4 heteroatoms. The quantitative estimate of drug-likeness (QED) is 0.407.